The van der Waals surface area contributed by atoms with Crippen LogP contribution in [-0.2, 0) is 0 Å². The highest BCUT2D eigenvalue weighted by Gasteiger charge is 2.18. The summed E-state index contributed by atoms with van der Waals surface area (Å²) in [5, 5.41) is 10.8. The van der Waals surface area contributed by atoms with Gasteiger partial charge in [0, 0.05) is 12.5 Å². The molecule has 0 saturated carbocycles. The molecular weight excluding hydrogens is 233 g/mol. The Bertz CT molecular complexity index is 330. The minimum Gasteiger partial charge on any atom is -0.392 e. The Morgan fingerprint density at radius 1 is 1.33 bits per heavy atom. The number of hydrogen-bond donors (Lipinski definition) is 2. The van der Waals surface area contributed by atoms with Crippen LogP contribution in [0.5, 0.6) is 0 Å². The second kappa shape index (κ2) is 5.71. The summed E-state index contributed by atoms with van der Waals surface area (Å²) in [6.45, 7) is 2.32. The molecule has 1 rings (SSSR count). The van der Waals surface area contributed by atoms with Gasteiger partial charge in [-0.1, -0.05) is 36.2 Å². The van der Waals surface area contributed by atoms with Crippen molar-refractivity contribution in [3.8, 4) is 0 Å². The molecule has 2 unspecified atom stereocenters. The van der Waals surface area contributed by atoms with Crippen molar-refractivity contribution < 1.29 is 5.11 Å². The third-order valence-electron chi connectivity index (χ3n) is 2.51. The van der Waals surface area contributed by atoms with E-state index in [1.165, 1.54) is 0 Å². The Morgan fingerprint density at radius 3 is 2.47 bits per heavy atom. The summed E-state index contributed by atoms with van der Waals surface area (Å²) in [5.74, 6) is -0.0789. The summed E-state index contributed by atoms with van der Waals surface area (Å²) in [6.07, 6.45) is 0.231. The normalized spacial score (nSPS) is 15.0. The van der Waals surface area contributed by atoms with Crippen molar-refractivity contribution in [1.29, 1.82) is 0 Å². The van der Waals surface area contributed by atoms with Crippen LogP contribution in [0.2, 0.25) is 10.0 Å². The van der Waals surface area contributed by atoms with Crippen LogP contribution in [0.25, 0.3) is 0 Å². The van der Waals surface area contributed by atoms with E-state index in [0.717, 1.165) is 5.56 Å². The molecule has 0 amide bonds. The quantitative estimate of drug-likeness (QED) is 0.860. The van der Waals surface area contributed by atoms with Crippen molar-refractivity contribution in [2.45, 2.75) is 25.4 Å². The highest BCUT2D eigenvalue weighted by atomic mass is 35.5. The van der Waals surface area contributed by atoms with E-state index in [4.69, 9.17) is 28.9 Å². The molecule has 1 aromatic rings. The van der Waals surface area contributed by atoms with E-state index in [1.54, 1.807) is 12.1 Å². The molecule has 2 nitrogen and oxygen atoms in total. The summed E-state index contributed by atoms with van der Waals surface area (Å²) in [4.78, 5) is 0. The first-order valence-electron chi connectivity index (χ1n) is 4.93. The summed E-state index contributed by atoms with van der Waals surface area (Å²) in [5.41, 5.74) is 6.57. The minimum atomic E-state index is -0.438. The number of benzene rings is 1. The van der Waals surface area contributed by atoms with Crippen LogP contribution < -0.4 is 5.73 Å². The van der Waals surface area contributed by atoms with Crippen LogP contribution in [0, 0.1) is 0 Å². The van der Waals surface area contributed by atoms with Gasteiger partial charge in [0.25, 0.3) is 0 Å². The summed E-state index contributed by atoms with van der Waals surface area (Å²) in [6, 6.07) is 5.34. The van der Waals surface area contributed by atoms with Gasteiger partial charge in [-0.05, 0) is 24.1 Å². The first-order valence-corrected chi connectivity index (χ1v) is 5.68. The molecule has 2 atom stereocenters. The molecule has 0 fully saturated rings. The molecule has 0 heterocycles. The molecule has 15 heavy (non-hydrogen) atoms. The summed E-state index contributed by atoms with van der Waals surface area (Å²) < 4.78 is 0. The van der Waals surface area contributed by atoms with E-state index in [0.29, 0.717) is 23.0 Å². The van der Waals surface area contributed by atoms with Crippen LogP contribution in [0.3, 0.4) is 0 Å². The van der Waals surface area contributed by atoms with Gasteiger partial charge in [-0.3, -0.25) is 0 Å². The van der Waals surface area contributed by atoms with Gasteiger partial charge < -0.3 is 10.8 Å². The van der Waals surface area contributed by atoms with Crippen molar-refractivity contribution in [1.82, 2.24) is 0 Å². The van der Waals surface area contributed by atoms with E-state index in [1.807, 2.05) is 13.0 Å². The fourth-order valence-electron chi connectivity index (χ4n) is 1.54. The number of nitrogens with two attached hydrogens (primary N) is 1. The zero-order valence-electron chi connectivity index (χ0n) is 8.58. The molecule has 3 N–H and O–H groups in total. The fourth-order valence-corrected chi connectivity index (χ4v) is 1.85. The van der Waals surface area contributed by atoms with Gasteiger partial charge in [0.1, 0.15) is 0 Å². The van der Waals surface area contributed by atoms with E-state index in [2.05, 4.69) is 0 Å². The number of hydrogen-bond acceptors (Lipinski definition) is 2. The van der Waals surface area contributed by atoms with Crippen LogP contribution >= 0.6 is 23.2 Å². The third-order valence-corrected chi connectivity index (χ3v) is 3.25. The summed E-state index contributed by atoms with van der Waals surface area (Å²) >= 11 is 11.7. The van der Waals surface area contributed by atoms with Crippen molar-refractivity contribution in [2.75, 3.05) is 6.54 Å². The topological polar surface area (TPSA) is 46.2 Å². The van der Waals surface area contributed by atoms with Crippen molar-refractivity contribution in [3.63, 3.8) is 0 Å². The predicted molar refractivity (Wildman–Crippen MR) is 64.6 cm³/mol. The van der Waals surface area contributed by atoms with Crippen molar-refractivity contribution >= 4 is 23.2 Å². The Labute approximate surface area is 100.0 Å². The van der Waals surface area contributed by atoms with Gasteiger partial charge in [0.15, 0.2) is 0 Å². The Hall–Kier alpha value is -0.280. The molecule has 0 aliphatic carbocycles. The van der Waals surface area contributed by atoms with E-state index in [-0.39, 0.29) is 5.92 Å². The smallest absolute Gasteiger partial charge is 0.0618 e. The first-order chi connectivity index (χ1) is 7.10. The largest absolute Gasteiger partial charge is 0.392 e. The zero-order chi connectivity index (χ0) is 11.4. The van der Waals surface area contributed by atoms with Gasteiger partial charge >= 0.3 is 0 Å². The number of halogens is 2. The molecule has 84 valence electrons. The standard InChI is InChI=1S/C11H15Cl2NO/c1-2-11(15)8(6-14)7-3-4-9(12)10(13)5-7/h3-5,8,11,15H,2,6,14H2,1H3. The molecule has 0 bridgehead atoms. The first kappa shape index (κ1) is 12.8. The zero-order valence-corrected chi connectivity index (χ0v) is 10.1. The molecule has 4 heteroatoms. The maximum Gasteiger partial charge on any atom is 0.0618 e. The highest BCUT2D eigenvalue weighted by molar-refractivity contribution is 6.42. The molecule has 0 aliphatic rings. The molecular formula is C11H15Cl2NO. The lowest BCUT2D eigenvalue weighted by Crippen LogP contribution is -2.25. The average Bonchev–Trinajstić information content (AvgIpc) is 2.24. The number of aliphatic hydroxyl groups is 1. The maximum atomic E-state index is 9.78. The molecule has 0 aromatic heterocycles. The van der Waals surface area contributed by atoms with Crippen molar-refractivity contribution in [2.24, 2.45) is 5.73 Å². The van der Waals surface area contributed by atoms with Crippen molar-refractivity contribution in [3.05, 3.63) is 33.8 Å². The summed E-state index contributed by atoms with van der Waals surface area (Å²) in [7, 11) is 0. The van der Waals surface area contributed by atoms with Gasteiger partial charge in [0.2, 0.25) is 0 Å². The lowest BCUT2D eigenvalue weighted by Gasteiger charge is -2.20. The average molecular weight is 248 g/mol. The SMILES string of the molecule is CCC(O)C(CN)c1ccc(Cl)c(Cl)c1. The Kier molecular flexibility index (Phi) is 4.87. The number of rotatable bonds is 4. The van der Waals surface area contributed by atoms with E-state index >= 15 is 0 Å². The molecule has 0 aliphatic heterocycles. The Balaban J connectivity index is 2.97. The van der Waals surface area contributed by atoms with Crippen LogP contribution in [-0.4, -0.2) is 17.8 Å². The molecule has 0 radical (unpaired) electrons. The lowest BCUT2D eigenvalue weighted by atomic mass is 9.92. The second-order valence-electron chi connectivity index (χ2n) is 3.49. The Morgan fingerprint density at radius 2 is 2.00 bits per heavy atom. The minimum absolute atomic E-state index is 0.0789. The van der Waals surface area contributed by atoms with E-state index in [9.17, 15) is 5.11 Å². The van der Waals surface area contributed by atoms with Crippen LogP contribution in [0.15, 0.2) is 18.2 Å². The molecule has 1 aromatic carbocycles. The maximum absolute atomic E-state index is 9.78. The predicted octanol–water partition coefficient (Wildman–Crippen LogP) is 2.81. The molecule has 0 spiro atoms. The van der Waals surface area contributed by atoms with Gasteiger partial charge in [-0.2, -0.15) is 0 Å². The van der Waals surface area contributed by atoms with Crippen LogP contribution in [0.4, 0.5) is 0 Å². The van der Waals surface area contributed by atoms with Gasteiger partial charge in [0.05, 0.1) is 16.1 Å². The van der Waals surface area contributed by atoms with Gasteiger partial charge in [-0.25, -0.2) is 0 Å². The van der Waals surface area contributed by atoms with Gasteiger partial charge in [-0.15, -0.1) is 0 Å². The van der Waals surface area contributed by atoms with E-state index < -0.39 is 6.10 Å². The monoisotopic (exact) mass is 247 g/mol. The fraction of sp³-hybridized carbons (Fsp3) is 0.455. The number of aliphatic hydroxyl groups excluding tert-OH is 1. The highest BCUT2D eigenvalue weighted by Crippen LogP contribution is 2.28. The third kappa shape index (κ3) is 3.08. The second-order valence-corrected chi connectivity index (χ2v) is 4.31. The molecule has 0 saturated heterocycles. The van der Waals surface area contributed by atoms with Crippen LogP contribution in [0.1, 0.15) is 24.8 Å². The lowest BCUT2D eigenvalue weighted by molar-refractivity contribution is 0.141.